The smallest absolute Gasteiger partial charge is 0.250 e. The van der Waals surface area contributed by atoms with Crippen molar-refractivity contribution in [1.82, 2.24) is 10.2 Å². The molecule has 128 valence electrons. The third kappa shape index (κ3) is 4.46. The molecule has 2 rings (SSSR count). The van der Waals surface area contributed by atoms with Crippen LogP contribution in [0.5, 0.6) is 0 Å². The number of hydrogen-bond acceptors (Lipinski definition) is 4. The first-order valence-corrected chi connectivity index (χ1v) is 7.63. The van der Waals surface area contributed by atoms with Gasteiger partial charge in [0.05, 0.1) is 13.2 Å². The van der Waals surface area contributed by atoms with Crippen LogP contribution in [-0.4, -0.2) is 54.8 Å². The van der Waals surface area contributed by atoms with Gasteiger partial charge in [-0.25, -0.2) is 8.78 Å². The minimum atomic E-state index is -1.65. The van der Waals surface area contributed by atoms with Crippen molar-refractivity contribution in [2.45, 2.75) is 25.6 Å². The Hall–Kier alpha value is -1.57. The quantitative estimate of drug-likeness (QED) is 0.847. The lowest BCUT2D eigenvalue weighted by atomic mass is 9.95. The predicted molar refractivity (Wildman–Crippen MR) is 80.8 cm³/mol. The molecule has 1 heterocycles. The number of halogens is 2. The maximum Gasteiger partial charge on any atom is 0.250 e. The van der Waals surface area contributed by atoms with Crippen LogP contribution in [0.4, 0.5) is 8.78 Å². The Morgan fingerprint density at radius 2 is 2.26 bits per heavy atom. The van der Waals surface area contributed by atoms with E-state index in [-0.39, 0.29) is 18.0 Å². The van der Waals surface area contributed by atoms with Gasteiger partial charge in [0.2, 0.25) is 0 Å². The number of ether oxygens (including phenoxy) is 1. The summed E-state index contributed by atoms with van der Waals surface area (Å²) in [6.07, 6.45) is -0.613. The van der Waals surface area contributed by atoms with Crippen LogP contribution < -0.4 is 5.32 Å². The fourth-order valence-electron chi connectivity index (χ4n) is 2.54. The van der Waals surface area contributed by atoms with Crippen molar-refractivity contribution >= 4 is 5.91 Å². The number of aliphatic hydroxyl groups is 1. The molecule has 0 bridgehead atoms. The maximum atomic E-state index is 13.8. The van der Waals surface area contributed by atoms with Gasteiger partial charge in [-0.2, -0.15) is 0 Å². The molecule has 2 unspecified atom stereocenters. The lowest BCUT2D eigenvalue weighted by Gasteiger charge is -2.32. The molecule has 0 aliphatic carbocycles. The Labute approximate surface area is 134 Å². The van der Waals surface area contributed by atoms with Crippen molar-refractivity contribution in [3.63, 3.8) is 0 Å². The monoisotopic (exact) mass is 328 g/mol. The summed E-state index contributed by atoms with van der Waals surface area (Å²) in [6.45, 7) is 5.72. The number of nitrogens with one attached hydrogen (secondary N) is 1. The molecule has 1 aromatic carbocycles. The Morgan fingerprint density at radius 3 is 2.91 bits per heavy atom. The zero-order valence-electron chi connectivity index (χ0n) is 13.3. The second kappa shape index (κ2) is 7.33. The molecule has 1 aliphatic heterocycles. The molecular weight excluding hydrogens is 306 g/mol. The number of amides is 1. The summed E-state index contributed by atoms with van der Waals surface area (Å²) < 4.78 is 32.2. The van der Waals surface area contributed by atoms with Crippen molar-refractivity contribution in [3.8, 4) is 0 Å². The molecule has 2 N–H and O–H groups in total. The van der Waals surface area contributed by atoms with Crippen molar-refractivity contribution in [2.75, 3.05) is 32.8 Å². The van der Waals surface area contributed by atoms with E-state index in [0.717, 1.165) is 19.2 Å². The van der Waals surface area contributed by atoms with Gasteiger partial charge in [-0.3, -0.25) is 9.69 Å². The number of morpholine rings is 1. The number of carbonyl (C=O) groups is 1. The first-order valence-electron chi connectivity index (χ1n) is 7.63. The van der Waals surface area contributed by atoms with Gasteiger partial charge in [0.15, 0.2) is 0 Å². The van der Waals surface area contributed by atoms with Crippen LogP contribution in [0.1, 0.15) is 19.4 Å². The van der Waals surface area contributed by atoms with Gasteiger partial charge < -0.3 is 15.2 Å². The van der Waals surface area contributed by atoms with Crippen molar-refractivity contribution in [2.24, 2.45) is 0 Å². The van der Waals surface area contributed by atoms with E-state index in [1.807, 2.05) is 6.92 Å². The highest BCUT2D eigenvalue weighted by Crippen LogP contribution is 2.23. The molecular formula is C16H22F2N2O3. The topological polar surface area (TPSA) is 61.8 Å². The Morgan fingerprint density at radius 1 is 1.52 bits per heavy atom. The van der Waals surface area contributed by atoms with Crippen LogP contribution in [-0.2, 0) is 15.1 Å². The van der Waals surface area contributed by atoms with E-state index < -0.39 is 23.3 Å². The molecule has 0 spiro atoms. The summed E-state index contributed by atoms with van der Waals surface area (Å²) in [5.41, 5.74) is -1.72. The number of hydrogen-bond donors (Lipinski definition) is 2. The van der Waals surface area contributed by atoms with Crippen LogP contribution in [0.15, 0.2) is 18.2 Å². The predicted octanol–water partition coefficient (Wildman–Crippen LogP) is 1.01. The third-order valence-corrected chi connectivity index (χ3v) is 4.01. The van der Waals surface area contributed by atoms with Crippen molar-refractivity contribution in [1.29, 1.82) is 0 Å². The van der Waals surface area contributed by atoms with Crippen molar-refractivity contribution < 1.29 is 23.4 Å². The van der Waals surface area contributed by atoms with Crippen LogP contribution in [0.3, 0.4) is 0 Å². The Balaban J connectivity index is 1.97. The van der Waals surface area contributed by atoms with Crippen LogP contribution in [0.25, 0.3) is 0 Å². The minimum absolute atomic E-state index is 0.0704. The zero-order chi connectivity index (χ0) is 17.0. The molecule has 1 saturated heterocycles. The van der Waals surface area contributed by atoms with E-state index in [1.54, 1.807) is 0 Å². The summed E-state index contributed by atoms with van der Waals surface area (Å²) in [5.74, 6) is -1.93. The lowest BCUT2D eigenvalue weighted by Crippen LogP contribution is -2.51. The number of carbonyl (C=O) groups excluding carboxylic acids is 1. The van der Waals surface area contributed by atoms with Gasteiger partial charge in [-0.05, 0) is 19.5 Å². The number of nitrogens with zero attached hydrogens (tertiary/aromatic N) is 1. The average Bonchev–Trinajstić information content (AvgIpc) is 2.52. The molecule has 1 amide bonds. The summed E-state index contributed by atoms with van der Waals surface area (Å²) in [6, 6.07) is 2.94. The van der Waals surface area contributed by atoms with Gasteiger partial charge >= 0.3 is 0 Å². The van der Waals surface area contributed by atoms with Gasteiger partial charge in [-0.1, -0.05) is 13.0 Å². The van der Waals surface area contributed by atoms with E-state index in [9.17, 15) is 18.7 Å². The molecule has 0 radical (unpaired) electrons. The summed E-state index contributed by atoms with van der Waals surface area (Å²) in [7, 11) is 0. The first-order chi connectivity index (χ1) is 10.8. The molecule has 7 heteroatoms. The third-order valence-electron chi connectivity index (χ3n) is 4.01. The lowest BCUT2D eigenvalue weighted by molar-refractivity contribution is -0.139. The maximum absolute atomic E-state index is 13.8. The van der Waals surface area contributed by atoms with E-state index in [0.29, 0.717) is 19.2 Å². The largest absolute Gasteiger partial charge is 0.383 e. The van der Waals surface area contributed by atoms with Crippen molar-refractivity contribution in [3.05, 3.63) is 35.4 Å². The Bertz CT molecular complexity index is 566. The molecule has 1 aromatic rings. The summed E-state index contributed by atoms with van der Waals surface area (Å²) >= 11 is 0. The summed E-state index contributed by atoms with van der Waals surface area (Å²) in [5, 5.41) is 13.0. The van der Waals surface area contributed by atoms with E-state index in [1.165, 1.54) is 13.0 Å². The second-order valence-corrected chi connectivity index (χ2v) is 5.87. The van der Waals surface area contributed by atoms with E-state index >= 15 is 0 Å². The zero-order valence-corrected chi connectivity index (χ0v) is 13.3. The van der Waals surface area contributed by atoms with E-state index in [2.05, 4.69) is 10.2 Å². The fourth-order valence-corrected chi connectivity index (χ4v) is 2.54. The number of rotatable bonds is 5. The highest BCUT2D eigenvalue weighted by Gasteiger charge is 2.30. The van der Waals surface area contributed by atoms with Gasteiger partial charge in [0.1, 0.15) is 23.3 Å². The molecule has 2 atom stereocenters. The molecule has 0 aromatic heterocycles. The number of benzene rings is 1. The highest BCUT2D eigenvalue weighted by molar-refractivity contribution is 5.81. The van der Waals surface area contributed by atoms with Crippen LogP contribution in [0, 0.1) is 11.6 Å². The number of likely N-dealkylation sites (N-methyl/N-ethyl adjacent to an activating group) is 1. The van der Waals surface area contributed by atoms with Gasteiger partial charge in [0.25, 0.3) is 5.91 Å². The van der Waals surface area contributed by atoms with Gasteiger partial charge in [-0.15, -0.1) is 0 Å². The first kappa shape index (κ1) is 17.8. The molecule has 23 heavy (non-hydrogen) atoms. The molecule has 1 aliphatic rings. The van der Waals surface area contributed by atoms with Gasteiger partial charge in [0, 0.05) is 24.7 Å². The Kier molecular flexibility index (Phi) is 5.67. The molecule has 0 saturated carbocycles. The molecule has 5 nitrogen and oxygen atoms in total. The highest BCUT2D eigenvalue weighted by atomic mass is 19.1. The second-order valence-electron chi connectivity index (χ2n) is 5.87. The SMILES string of the molecule is CCN1CCOC(C(=O)NCC(C)(O)c2ccc(F)cc2F)C1. The van der Waals surface area contributed by atoms with E-state index in [4.69, 9.17) is 4.74 Å². The molecule has 1 fully saturated rings. The standard InChI is InChI=1S/C16H22F2N2O3/c1-3-20-6-7-23-14(9-20)15(21)19-10-16(2,22)12-5-4-11(17)8-13(12)18/h4-5,8,14,22H,3,6-7,9-10H2,1-2H3,(H,19,21). The minimum Gasteiger partial charge on any atom is -0.383 e. The normalized spacial score (nSPS) is 21.7. The fraction of sp³-hybridized carbons (Fsp3) is 0.562. The van der Waals surface area contributed by atoms with Crippen LogP contribution in [0.2, 0.25) is 0 Å². The average molecular weight is 328 g/mol. The summed E-state index contributed by atoms with van der Waals surface area (Å²) in [4.78, 5) is 14.2. The van der Waals surface area contributed by atoms with Crippen LogP contribution >= 0.6 is 0 Å².